The number of hydrogen-bond acceptors (Lipinski definition) is 5. The molecule has 0 aliphatic carbocycles. The number of nitrogens with one attached hydrogen (secondary N) is 2. The molecule has 0 saturated heterocycles. The summed E-state index contributed by atoms with van der Waals surface area (Å²) in [6.07, 6.45) is 3.03. The molecule has 0 unspecified atom stereocenters. The van der Waals surface area contributed by atoms with Crippen molar-refractivity contribution in [3.63, 3.8) is 0 Å². The molecule has 0 saturated carbocycles. The topological polar surface area (TPSA) is 124 Å². The summed E-state index contributed by atoms with van der Waals surface area (Å²) < 4.78 is 5.55. The number of hydrazone groups is 1. The van der Waals surface area contributed by atoms with Gasteiger partial charge in [-0.1, -0.05) is 6.08 Å². The van der Waals surface area contributed by atoms with Gasteiger partial charge in [0.2, 0.25) is 0 Å². The molecule has 0 spiro atoms. The first-order valence-corrected chi connectivity index (χ1v) is 7.71. The van der Waals surface area contributed by atoms with E-state index in [0.29, 0.717) is 28.7 Å². The van der Waals surface area contributed by atoms with E-state index in [1.807, 2.05) is 0 Å². The Hall–Kier alpha value is -3.46. The Bertz CT molecular complexity index is 856. The van der Waals surface area contributed by atoms with Crippen LogP contribution in [0.4, 0.5) is 0 Å². The maximum Gasteiger partial charge on any atom is 0.335 e. The van der Waals surface area contributed by atoms with Crippen LogP contribution in [-0.4, -0.2) is 40.0 Å². The molecule has 1 heterocycles. The number of furan rings is 1. The third-order valence-corrected chi connectivity index (χ3v) is 3.34. The lowest BCUT2D eigenvalue weighted by molar-refractivity contribution is 0.0696. The lowest BCUT2D eigenvalue weighted by Crippen LogP contribution is -2.31. The first kappa shape index (κ1) is 18.9. The molecular formula is C17H15N3O5S. The Balaban J connectivity index is 2.18. The summed E-state index contributed by atoms with van der Waals surface area (Å²) in [5.74, 6) is -1.78. The van der Waals surface area contributed by atoms with Gasteiger partial charge in [0.05, 0.1) is 17.3 Å². The Morgan fingerprint density at radius 2 is 1.85 bits per heavy atom. The summed E-state index contributed by atoms with van der Waals surface area (Å²) in [6.45, 7) is 4.05. The number of aromatic carboxylic acids is 2. The molecule has 0 amide bonds. The Morgan fingerprint density at radius 1 is 1.19 bits per heavy atom. The molecule has 0 aliphatic rings. The van der Waals surface area contributed by atoms with E-state index in [4.69, 9.17) is 26.8 Å². The molecule has 4 N–H and O–H groups in total. The smallest absolute Gasteiger partial charge is 0.335 e. The van der Waals surface area contributed by atoms with Gasteiger partial charge < -0.3 is 19.9 Å². The highest BCUT2D eigenvalue weighted by Crippen LogP contribution is 2.24. The lowest BCUT2D eigenvalue weighted by atomic mass is 10.0. The van der Waals surface area contributed by atoms with Gasteiger partial charge in [-0.2, -0.15) is 5.10 Å². The van der Waals surface area contributed by atoms with Gasteiger partial charge >= 0.3 is 11.9 Å². The third kappa shape index (κ3) is 5.02. The number of thiocarbonyl (C=S) groups is 1. The molecule has 1 aromatic carbocycles. The zero-order chi connectivity index (χ0) is 19.1. The van der Waals surface area contributed by atoms with Crippen molar-refractivity contribution in [3.8, 4) is 11.3 Å². The van der Waals surface area contributed by atoms with E-state index in [-0.39, 0.29) is 11.1 Å². The highest BCUT2D eigenvalue weighted by Gasteiger charge is 2.14. The zero-order valence-corrected chi connectivity index (χ0v) is 14.2. The molecule has 2 aromatic rings. The highest BCUT2D eigenvalue weighted by atomic mass is 32.1. The average molecular weight is 373 g/mol. The summed E-state index contributed by atoms with van der Waals surface area (Å²) >= 11 is 4.97. The van der Waals surface area contributed by atoms with Gasteiger partial charge in [-0.25, -0.2) is 9.59 Å². The second-order valence-corrected chi connectivity index (χ2v) is 5.39. The van der Waals surface area contributed by atoms with Crippen LogP contribution >= 0.6 is 12.2 Å². The SMILES string of the molecule is C=CCNC(=S)N/N=C\c1ccc(-c2cc(C(=O)O)cc(C(=O)O)c2)o1. The van der Waals surface area contributed by atoms with Crippen LogP contribution in [-0.2, 0) is 0 Å². The van der Waals surface area contributed by atoms with Crippen LogP contribution in [0.5, 0.6) is 0 Å². The second kappa shape index (κ2) is 8.58. The van der Waals surface area contributed by atoms with Crippen molar-refractivity contribution in [2.24, 2.45) is 5.10 Å². The summed E-state index contributed by atoms with van der Waals surface area (Å²) in [7, 11) is 0. The number of hydrogen-bond donors (Lipinski definition) is 4. The number of rotatable bonds is 7. The number of nitrogens with zero attached hydrogens (tertiary/aromatic N) is 1. The first-order chi connectivity index (χ1) is 12.4. The normalized spacial score (nSPS) is 10.5. The van der Waals surface area contributed by atoms with Crippen molar-refractivity contribution in [1.82, 2.24) is 10.7 Å². The van der Waals surface area contributed by atoms with Crippen LogP contribution in [0.2, 0.25) is 0 Å². The lowest BCUT2D eigenvalue weighted by Gasteiger charge is -2.03. The number of carboxylic acid groups (broad SMARTS) is 2. The van der Waals surface area contributed by atoms with Gasteiger partial charge in [0.1, 0.15) is 11.5 Å². The van der Waals surface area contributed by atoms with Crippen LogP contribution in [0, 0.1) is 0 Å². The molecule has 9 heteroatoms. The highest BCUT2D eigenvalue weighted by molar-refractivity contribution is 7.80. The average Bonchev–Trinajstić information content (AvgIpc) is 3.08. The van der Waals surface area contributed by atoms with Crippen LogP contribution in [0.15, 0.2) is 52.5 Å². The number of carbonyl (C=O) groups is 2. The van der Waals surface area contributed by atoms with E-state index in [0.717, 1.165) is 6.07 Å². The molecule has 0 bridgehead atoms. The van der Waals surface area contributed by atoms with E-state index < -0.39 is 11.9 Å². The number of carboxylic acids is 2. The monoisotopic (exact) mass is 373 g/mol. The minimum atomic E-state index is -1.23. The summed E-state index contributed by atoms with van der Waals surface area (Å²) in [6, 6.07) is 6.94. The van der Waals surface area contributed by atoms with Crippen molar-refractivity contribution >= 4 is 35.5 Å². The Morgan fingerprint density at radius 3 is 2.42 bits per heavy atom. The standard InChI is InChI=1S/C17H15N3O5S/c1-2-5-18-17(26)20-19-9-13-3-4-14(25-13)10-6-11(15(21)22)8-12(7-10)16(23)24/h2-4,6-9H,1,5H2,(H,21,22)(H,23,24)(H2,18,20,26)/b19-9-. The summed E-state index contributed by atoms with van der Waals surface area (Å²) in [5, 5.41) is 25.3. The fourth-order valence-corrected chi connectivity index (χ4v) is 2.09. The molecule has 0 fully saturated rings. The Kier molecular flexibility index (Phi) is 6.23. The maximum atomic E-state index is 11.2. The summed E-state index contributed by atoms with van der Waals surface area (Å²) in [5.41, 5.74) is 2.63. The summed E-state index contributed by atoms with van der Waals surface area (Å²) in [4.78, 5) is 22.3. The molecule has 134 valence electrons. The first-order valence-electron chi connectivity index (χ1n) is 7.30. The van der Waals surface area contributed by atoms with Crippen LogP contribution < -0.4 is 10.7 Å². The molecule has 2 rings (SSSR count). The fraction of sp³-hybridized carbons (Fsp3) is 0.0588. The van der Waals surface area contributed by atoms with Crippen molar-refractivity contribution in [3.05, 3.63) is 59.9 Å². The van der Waals surface area contributed by atoms with Crippen LogP contribution in [0.25, 0.3) is 11.3 Å². The molecule has 1 aromatic heterocycles. The van der Waals surface area contributed by atoms with Crippen LogP contribution in [0.3, 0.4) is 0 Å². The van der Waals surface area contributed by atoms with Gasteiger partial charge in [0, 0.05) is 12.1 Å². The van der Waals surface area contributed by atoms with Gasteiger partial charge in [0.15, 0.2) is 5.11 Å². The zero-order valence-electron chi connectivity index (χ0n) is 13.4. The largest absolute Gasteiger partial charge is 0.478 e. The quantitative estimate of drug-likeness (QED) is 0.252. The molecule has 26 heavy (non-hydrogen) atoms. The molecule has 8 nitrogen and oxygen atoms in total. The van der Waals surface area contributed by atoms with E-state index in [1.165, 1.54) is 18.3 Å². The molecule has 0 radical (unpaired) electrons. The van der Waals surface area contributed by atoms with E-state index >= 15 is 0 Å². The van der Waals surface area contributed by atoms with E-state index in [9.17, 15) is 9.59 Å². The fourth-order valence-electron chi connectivity index (χ4n) is 1.95. The van der Waals surface area contributed by atoms with E-state index in [1.54, 1.807) is 18.2 Å². The molecule has 0 atom stereocenters. The minimum absolute atomic E-state index is 0.146. The Labute approximate surface area is 153 Å². The van der Waals surface area contributed by atoms with Gasteiger partial charge in [0.25, 0.3) is 0 Å². The van der Waals surface area contributed by atoms with Crippen LogP contribution in [0.1, 0.15) is 26.5 Å². The van der Waals surface area contributed by atoms with E-state index in [2.05, 4.69) is 22.4 Å². The predicted molar refractivity (Wildman–Crippen MR) is 99.6 cm³/mol. The van der Waals surface area contributed by atoms with Crippen molar-refractivity contribution in [2.45, 2.75) is 0 Å². The third-order valence-electron chi connectivity index (χ3n) is 3.10. The van der Waals surface area contributed by atoms with Gasteiger partial charge in [-0.3, -0.25) is 5.43 Å². The van der Waals surface area contributed by atoms with Crippen molar-refractivity contribution in [1.29, 1.82) is 0 Å². The molecule has 0 aliphatic heterocycles. The maximum absolute atomic E-state index is 11.2. The van der Waals surface area contributed by atoms with Gasteiger partial charge in [-0.05, 0) is 42.5 Å². The predicted octanol–water partition coefficient (Wildman–Crippen LogP) is 2.33. The van der Waals surface area contributed by atoms with Crippen molar-refractivity contribution in [2.75, 3.05) is 6.54 Å². The molecular weight excluding hydrogens is 358 g/mol. The van der Waals surface area contributed by atoms with Crippen molar-refractivity contribution < 1.29 is 24.2 Å². The van der Waals surface area contributed by atoms with Gasteiger partial charge in [-0.15, -0.1) is 6.58 Å². The second-order valence-electron chi connectivity index (χ2n) is 4.98. The number of benzene rings is 1. The minimum Gasteiger partial charge on any atom is -0.478 e.